The lowest BCUT2D eigenvalue weighted by atomic mass is 10.0. The molecule has 2 N–H and O–H groups in total. The fourth-order valence-corrected chi connectivity index (χ4v) is 4.42. The summed E-state index contributed by atoms with van der Waals surface area (Å²) in [5.74, 6) is 0.410. The zero-order valence-electron chi connectivity index (χ0n) is 21.5. The average molecular weight is 504 g/mol. The first kappa shape index (κ1) is 28.8. The van der Waals surface area contributed by atoms with Gasteiger partial charge in [-0.25, -0.2) is 9.97 Å². The van der Waals surface area contributed by atoms with Crippen LogP contribution in [0.5, 0.6) is 0 Å². The van der Waals surface area contributed by atoms with Gasteiger partial charge in [-0.2, -0.15) is 0 Å². The number of halogens is 1. The predicted octanol–water partition coefficient (Wildman–Crippen LogP) is 8.98. The van der Waals surface area contributed by atoms with Gasteiger partial charge in [-0.05, 0) is 37.1 Å². The Labute approximate surface area is 215 Å². The number of aromatic nitrogens is 2. The molecule has 0 bridgehead atoms. The maximum atomic E-state index is 11.8. The smallest absolute Gasteiger partial charge is 0.353 e. The lowest BCUT2D eigenvalue weighted by Crippen LogP contribution is -2.09. The van der Waals surface area contributed by atoms with E-state index in [1.165, 1.54) is 83.4 Å². The Morgan fingerprint density at radius 1 is 0.857 bits per heavy atom. The summed E-state index contributed by atoms with van der Waals surface area (Å²) in [5, 5.41) is 18.6. The van der Waals surface area contributed by atoms with Crippen LogP contribution in [0, 0.1) is 17.0 Å². The van der Waals surface area contributed by atoms with Gasteiger partial charge in [0.05, 0.1) is 4.92 Å². The van der Waals surface area contributed by atoms with Crippen molar-refractivity contribution in [3.05, 3.63) is 45.2 Å². The Bertz CT molecular complexity index is 894. The van der Waals surface area contributed by atoms with E-state index in [2.05, 4.69) is 27.5 Å². The zero-order valence-corrected chi connectivity index (χ0v) is 22.2. The van der Waals surface area contributed by atoms with Crippen LogP contribution in [0.4, 0.5) is 23.0 Å². The van der Waals surface area contributed by atoms with E-state index in [-0.39, 0.29) is 17.3 Å². The first-order valence-corrected chi connectivity index (χ1v) is 13.7. The number of benzene rings is 1. The molecule has 0 aliphatic heterocycles. The van der Waals surface area contributed by atoms with Gasteiger partial charge < -0.3 is 10.6 Å². The van der Waals surface area contributed by atoms with Gasteiger partial charge in [0.15, 0.2) is 0 Å². The molecule has 2 rings (SSSR count). The van der Waals surface area contributed by atoms with Crippen LogP contribution in [0.1, 0.15) is 102 Å². The van der Waals surface area contributed by atoms with Gasteiger partial charge in [-0.1, -0.05) is 102 Å². The van der Waals surface area contributed by atoms with Crippen molar-refractivity contribution in [2.45, 2.75) is 104 Å². The van der Waals surface area contributed by atoms with Crippen molar-refractivity contribution in [3.8, 4) is 0 Å². The van der Waals surface area contributed by atoms with Gasteiger partial charge in [0, 0.05) is 17.3 Å². The summed E-state index contributed by atoms with van der Waals surface area (Å²) in [6, 6.07) is 5.32. The van der Waals surface area contributed by atoms with Crippen molar-refractivity contribution in [1.82, 2.24) is 9.97 Å². The molecule has 0 spiro atoms. The number of nitrogens with zero attached hydrogens (tertiary/aromatic N) is 3. The molecule has 0 unspecified atom stereocenters. The van der Waals surface area contributed by atoms with Crippen LogP contribution in [-0.4, -0.2) is 21.4 Å². The van der Waals surface area contributed by atoms with Crippen molar-refractivity contribution in [1.29, 1.82) is 0 Å². The van der Waals surface area contributed by atoms with Crippen LogP contribution in [0.2, 0.25) is 5.02 Å². The van der Waals surface area contributed by atoms with Crippen LogP contribution in [0.25, 0.3) is 0 Å². The Kier molecular flexibility index (Phi) is 14.1. The highest BCUT2D eigenvalue weighted by Gasteiger charge is 2.23. The predicted molar refractivity (Wildman–Crippen MR) is 147 cm³/mol. The van der Waals surface area contributed by atoms with E-state index in [4.69, 9.17) is 11.6 Å². The first-order chi connectivity index (χ1) is 17.0. The Hall–Kier alpha value is -2.41. The van der Waals surface area contributed by atoms with Crippen LogP contribution < -0.4 is 10.6 Å². The second kappa shape index (κ2) is 17.1. The summed E-state index contributed by atoms with van der Waals surface area (Å²) < 4.78 is 0. The number of anilines is 3. The quantitative estimate of drug-likeness (QED) is 0.113. The third-order valence-electron chi connectivity index (χ3n) is 6.27. The normalized spacial score (nSPS) is 10.9. The maximum Gasteiger partial charge on any atom is 0.353 e. The van der Waals surface area contributed by atoms with Gasteiger partial charge in [0.25, 0.3) is 0 Å². The average Bonchev–Trinajstić information content (AvgIpc) is 2.83. The molecule has 1 aromatic carbocycles. The SMILES string of the molecule is CCCCCCCCCCCCCCCCNc1ncnc(Nc2ccc(Cl)cc2C)c1[N+](=O)[O-]. The third kappa shape index (κ3) is 11.2. The minimum Gasteiger partial charge on any atom is -0.364 e. The topological polar surface area (TPSA) is 93.0 Å². The van der Waals surface area contributed by atoms with Crippen molar-refractivity contribution in [3.63, 3.8) is 0 Å². The van der Waals surface area contributed by atoms with E-state index in [0.29, 0.717) is 17.3 Å². The summed E-state index contributed by atoms with van der Waals surface area (Å²) in [6.45, 7) is 4.80. The van der Waals surface area contributed by atoms with Crippen molar-refractivity contribution in [2.24, 2.45) is 0 Å². The highest BCUT2D eigenvalue weighted by Crippen LogP contribution is 2.32. The highest BCUT2D eigenvalue weighted by molar-refractivity contribution is 6.30. The second-order valence-electron chi connectivity index (χ2n) is 9.28. The molecule has 0 aliphatic carbocycles. The van der Waals surface area contributed by atoms with Crippen LogP contribution in [0.3, 0.4) is 0 Å². The molecule has 0 saturated carbocycles. The van der Waals surface area contributed by atoms with Crippen molar-refractivity contribution >= 4 is 34.6 Å². The number of hydrogen-bond acceptors (Lipinski definition) is 6. The largest absolute Gasteiger partial charge is 0.364 e. The number of unbranched alkanes of at least 4 members (excludes halogenated alkanes) is 13. The van der Waals surface area contributed by atoms with Crippen LogP contribution in [-0.2, 0) is 0 Å². The molecule has 2 aromatic rings. The van der Waals surface area contributed by atoms with E-state index in [9.17, 15) is 10.1 Å². The second-order valence-corrected chi connectivity index (χ2v) is 9.72. The lowest BCUT2D eigenvalue weighted by Gasteiger charge is -2.12. The first-order valence-electron chi connectivity index (χ1n) is 13.3. The molecule has 0 fully saturated rings. The minimum atomic E-state index is -0.443. The molecule has 1 aromatic heterocycles. The Balaban J connectivity index is 1.65. The zero-order chi connectivity index (χ0) is 25.3. The van der Waals surface area contributed by atoms with Gasteiger partial charge in [-0.15, -0.1) is 0 Å². The maximum absolute atomic E-state index is 11.8. The fraction of sp³-hybridized carbons (Fsp3) is 0.630. The highest BCUT2D eigenvalue weighted by atomic mass is 35.5. The molecule has 35 heavy (non-hydrogen) atoms. The van der Waals surface area contributed by atoms with Crippen molar-refractivity contribution < 1.29 is 4.92 Å². The van der Waals surface area contributed by atoms with E-state index in [1.54, 1.807) is 18.2 Å². The fourth-order valence-electron chi connectivity index (χ4n) is 4.19. The monoisotopic (exact) mass is 503 g/mol. The third-order valence-corrected chi connectivity index (χ3v) is 6.50. The molecule has 0 atom stereocenters. The molecule has 1 heterocycles. The number of nitrogens with one attached hydrogen (secondary N) is 2. The molecular formula is C27H42ClN5O2. The molecule has 194 valence electrons. The molecular weight excluding hydrogens is 462 g/mol. The van der Waals surface area contributed by atoms with Crippen LogP contribution >= 0.6 is 11.6 Å². The summed E-state index contributed by atoms with van der Waals surface area (Å²) >= 11 is 6.01. The molecule has 0 radical (unpaired) electrons. The van der Waals surface area contributed by atoms with E-state index >= 15 is 0 Å². The summed E-state index contributed by atoms with van der Waals surface area (Å²) in [7, 11) is 0. The number of nitro groups is 1. The minimum absolute atomic E-state index is 0.146. The molecule has 7 nitrogen and oxygen atoms in total. The number of hydrogen-bond donors (Lipinski definition) is 2. The standard InChI is InChI=1S/C27H42ClN5O2/c1-3-4-5-6-7-8-9-10-11-12-13-14-15-16-19-29-26-25(33(34)35)27(31-21-30-26)32-24-18-17-23(28)20-22(24)2/h17-18,20-21H,3-16,19H2,1-2H3,(H2,29,30,31,32). The van der Waals surface area contributed by atoms with Crippen molar-refractivity contribution in [2.75, 3.05) is 17.2 Å². The molecule has 0 amide bonds. The van der Waals surface area contributed by atoms with Gasteiger partial charge in [-0.3, -0.25) is 10.1 Å². The molecule has 0 saturated heterocycles. The summed E-state index contributed by atoms with van der Waals surface area (Å²) in [4.78, 5) is 19.5. The Morgan fingerprint density at radius 2 is 1.40 bits per heavy atom. The van der Waals surface area contributed by atoms with Gasteiger partial charge in [0.1, 0.15) is 6.33 Å². The van der Waals surface area contributed by atoms with E-state index < -0.39 is 4.92 Å². The van der Waals surface area contributed by atoms with E-state index in [0.717, 1.165) is 18.4 Å². The molecule has 8 heteroatoms. The summed E-state index contributed by atoms with van der Waals surface area (Å²) in [6.07, 6.45) is 19.5. The molecule has 0 aliphatic rings. The van der Waals surface area contributed by atoms with Crippen LogP contribution in [0.15, 0.2) is 24.5 Å². The number of rotatable bonds is 19. The Morgan fingerprint density at radius 3 is 1.94 bits per heavy atom. The van der Waals surface area contributed by atoms with Gasteiger partial charge >= 0.3 is 5.69 Å². The van der Waals surface area contributed by atoms with E-state index in [1.807, 2.05) is 6.92 Å². The summed E-state index contributed by atoms with van der Waals surface area (Å²) in [5.41, 5.74) is 1.45. The number of aryl methyl sites for hydroxylation is 1. The lowest BCUT2D eigenvalue weighted by molar-refractivity contribution is -0.383. The van der Waals surface area contributed by atoms with Gasteiger partial charge in [0.2, 0.25) is 11.6 Å².